The summed E-state index contributed by atoms with van der Waals surface area (Å²) in [6.07, 6.45) is 7.10. The number of pyridine rings is 2. The second kappa shape index (κ2) is 9.04. The van der Waals surface area contributed by atoms with Gasteiger partial charge >= 0.3 is 0 Å². The van der Waals surface area contributed by atoms with Gasteiger partial charge in [0.2, 0.25) is 0 Å². The van der Waals surface area contributed by atoms with Crippen molar-refractivity contribution in [2.45, 2.75) is 52.5 Å². The summed E-state index contributed by atoms with van der Waals surface area (Å²) < 4.78 is 21.6. The highest BCUT2D eigenvalue weighted by Crippen LogP contribution is 2.26. The molecule has 1 atom stereocenters. The van der Waals surface area contributed by atoms with E-state index in [2.05, 4.69) is 23.8 Å². The molecule has 1 aliphatic rings. The van der Waals surface area contributed by atoms with Crippen LogP contribution in [0.25, 0.3) is 5.65 Å². The molecule has 1 aliphatic heterocycles. The molecule has 3 aromatic rings. The van der Waals surface area contributed by atoms with Gasteiger partial charge in [-0.25, -0.2) is 14.4 Å². The topological polar surface area (TPSA) is 59.7 Å². The Labute approximate surface area is 182 Å². The van der Waals surface area contributed by atoms with Crippen molar-refractivity contribution in [2.24, 2.45) is 5.92 Å². The van der Waals surface area contributed by atoms with Crippen LogP contribution in [0.1, 0.15) is 55.0 Å². The van der Waals surface area contributed by atoms with Crippen LogP contribution in [-0.4, -0.2) is 44.4 Å². The fraction of sp³-hybridized carbons (Fsp3) is 0.458. The van der Waals surface area contributed by atoms with E-state index in [0.717, 1.165) is 30.7 Å². The highest BCUT2D eigenvalue weighted by molar-refractivity contribution is 5.95. The van der Waals surface area contributed by atoms with E-state index in [9.17, 15) is 9.18 Å². The van der Waals surface area contributed by atoms with Gasteiger partial charge in [-0.2, -0.15) is 0 Å². The van der Waals surface area contributed by atoms with Crippen LogP contribution in [0.5, 0.6) is 5.75 Å². The van der Waals surface area contributed by atoms with Crippen LogP contribution in [-0.2, 0) is 6.42 Å². The molecule has 3 aromatic heterocycles. The number of amides is 1. The molecule has 0 radical (unpaired) electrons. The van der Waals surface area contributed by atoms with Crippen molar-refractivity contribution >= 4 is 11.6 Å². The lowest BCUT2D eigenvalue weighted by Crippen LogP contribution is -2.45. The van der Waals surface area contributed by atoms with Gasteiger partial charge in [0.05, 0.1) is 12.3 Å². The number of halogens is 1. The Balaban J connectivity index is 1.59. The third-order valence-corrected chi connectivity index (χ3v) is 5.59. The first-order valence-electron chi connectivity index (χ1n) is 11.0. The standard InChI is InChI=1S/C24H29FN4O2/c1-16(2)15-31-21-10-9-17(3)26-22(21)24(30)29-12-5-4-7-19(29)13-18-14-28-11-6-8-20(25)23(28)27-18/h6,8-11,14,16,19H,4-5,7,12-13,15H2,1-3H3/t19-/m0/s1. The number of carbonyl (C=O) groups is 1. The van der Waals surface area contributed by atoms with Gasteiger partial charge in [0, 0.05) is 37.1 Å². The molecule has 4 rings (SSSR count). The number of hydrogen-bond acceptors (Lipinski definition) is 4. The van der Waals surface area contributed by atoms with E-state index in [1.54, 1.807) is 16.7 Å². The van der Waals surface area contributed by atoms with Crippen LogP contribution >= 0.6 is 0 Å². The van der Waals surface area contributed by atoms with E-state index in [0.29, 0.717) is 42.6 Å². The zero-order chi connectivity index (χ0) is 22.0. The molecule has 0 spiro atoms. The van der Waals surface area contributed by atoms with Gasteiger partial charge in [-0.1, -0.05) is 13.8 Å². The van der Waals surface area contributed by atoms with Crippen molar-refractivity contribution in [1.29, 1.82) is 0 Å². The van der Waals surface area contributed by atoms with Crippen molar-refractivity contribution in [1.82, 2.24) is 19.3 Å². The smallest absolute Gasteiger partial charge is 0.276 e. The van der Waals surface area contributed by atoms with Gasteiger partial charge in [0.15, 0.2) is 22.9 Å². The second-order valence-electron chi connectivity index (χ2n) is 8.68. The fourth-order valence-corrected chi connectivity index (χ4v) is 4.06. The fourth-order valence-electron chi connectivity index (χ4n) is 4.06. The molecule has 0 aliphatic carbocycles. The number of hydrogen-bond donors (Lipinski definition) is 0. The maximum Gasteiger partial charge on any atom is 0.276 e. The molecule has 0 saturated carbocycles. The van der Waals surface area contributed by atoms with Crippen LogP contribution in [0.15, 0.2) is 36.7 Å². The highest BCUT2D eigenvalue weighted by Gasteiger charge is 2.31. The number of nitrogens with zero attached hydrogens (tertiary/aromatic N) is 4. The number of carbonyl (C=O) groups excluding carboxylic acids is 1. The van der Waals surface area contributed by atoms with E-state index in [4.69, 9.17) is 4.74 Å². The zero-order valence-electron chi connectivity index (χ0n) is 18.3. The molecular formula is C24H29FN4O2. The Kier molecular flexibility index (Phi) is 6.20. The van der Waals surface area contributed by atoms with Crippen molar-refractivity contribution in [3.8, 4) is 5.75 Å². The summed E-state index contributed by atoms with van der Waals surface area (Å²) in [4.78, 5) is 24.4. The summed E-state index contributed by atoms with van der Waals surface area (Å²) in [5.74, 6) is 0.425. The van der Waals surface area contributed by atoms with Crippen LogP contribution in [0, 0.1) is 18.7 Å². The van der Waals surface area contributed by atoms with Crippen molar-refractivity contribution in [3.05, 3.63) is 59.6 Å². The van der Waals surface area contributed by atoms with Gasteiger partial charge in [-0.05, 0) is 56.4 Å². The van der Waals surface area contributed by atoms with E-state index >= 15 is 0 Å². The summed E-state index contributed by atoms with van der Waals surface area (Å²) >= 11 is 0. The SMILES string of the molecule is Cc1ccc(OCC(C)C)c(C(=O)N2CCCC[C@H]2Cc2cn3cccc(F)c3n2)n1. The lowest BCUT2D eigenvalue weighted by molar-refractivity contribution is 0.0600. The minimum Gasteiger partial charge on any atom is -0.491 e. The van der Waals surface area contributed by atoms with Gasteiger partial charge in [-0.15, -0.1) is 0 Å². The third kappa shape index (κ3) is 4.70. The Hall–Kier alpha value is -2.96. The highest BCUT2D eigenvalue weighted by atomic mass is 19.1. The van der Waals surface area contributed by atoms with Crippen LogP contribution < -0.4 is 4.74 Å². The van der Waals surface area contributed by atoms with Gasteiger partial charge in [0.25, 0.3) is 5.91 Å². The number of imidazole rings is 1. The largest absolute Gasteiger partial charge is 0.491 e. The third-order valence-electron chi connectivity index (χ3n) is 5.59. The molecule has 6 nitrogen and oxygen atoms in total. The number of piperidine rings is 1. The first-order chi connectivity index (χ1) is 14.9. The lowest BCUT2D eigenvalue weighted by atomic mass is 9.97. The Bertz CT molecular complexity index is 1080. The summed E-state index contributed by atoms with van der Waals surface area (Å²) in [6, 6.07) is 6.76. The number of fused-ring (bicyclic) bond motifs is 1. The molecule has 0 bridgehead atoms. The summed E-state index contributed by atoms with van der Waals surface area (Å²) in [6.45, 7) is 7.22. The van der Waals surface area contributed by atoms with Crippen molar-refractivity contribution < 1.29 is 13.9 Å². The number of ether oxygens (including phenoxy) is 1. The molecule has 0 unspecified atom stereocenters. The maximum atomic E-state index is 14.0. The molecule has 0 N–H and O–H groups in total. The average molecular weight is 425 g/mol. The predicted molar refractivity (Wildman–Crippen MR) is 117 cm³/mol. The number of aromatic nitrogens is 3. The Morgan fingerprint density at radius 2 is 2.10 bits per heavy atom. The summed E-state index contributed by atoms with van der Waals surface area (Å²) in [5.41, 5.74) is 2.25. The number of likely N-dealkylation sites (tertiary alicyclic amines) is 1. The van der Waals surface area contributed by atoms with Crippen LogP contribution in [0.2, 0.25) is 0 Å². The minimum atomic E-state index is -0.346. The molecule has 1 fully saturated rings. The number of aryl methyl sites for hydroxylation is 1. The van der Waals surface area contributed by atoms with E-state index < -0.39 is 0 Å². The molecule has 1 saturated heterocycles. The summed E-state index contributed by atoms with van der Waals surface area (Å²) in [7, 11) is 0. The second-order valence-corrected chi connectivity index (χ2v) is 8.68. The van der Waals surface area contributed by atoms with Gasteiger partial charge < -0.3 is 14.0 Å². The quantitative estimate of drug-likeness (QED) is 0.587. The molecule has 164 valence electrons. The van der Waals surface area contributed by atoms with Gasteiger partial charge in [0.1, 0.15) is 0 Å². The predicted octanol–water partition coefficient (Wildman–Crippen LogP) is 4.45. The van der Waals surface area contributed by atoms with E-state index in [-0.39, 0.29) is 17.8 Å². The van der Waals surface area contributed by atoms with Crippen LogP contribution in [0.4, 0.5) is 4.39 Å². The average Bonchev–Trinajstić information content (AvgIpc) is 3.16. The Morgan fingerprint density at radius 1 is 1.26 bits per heavy atom. The lowest BCUT2D eigenvalue weighted by Gasteiger charge is -2.35. The maximum absolute atomic E-state index is 14.0. The van der Waals surface area contributed by atoms with Crippen molar-refractivity contribution in [3.63, 3.8) is 0 Å². The van der Waals surface area contributed by atoms with Crippen molar-refractivity contribution in [2.75, 3.05) is 13.2 Å². The first kappa shape index (κ1) is 21.3. The molecule has 7 heteroatoms. The summed E-state index contributed by atoms with van der Waals surface area (Å²) in [5, 5.41) is 0. The normalized spacial score (nSPS) is 16.8. The van der Waals surface area contributed by atoms with E-state index in [1.807, 2.05) is 30.2 Å². The van der Waals surface area contributed by atoms with Crippen LogP contribution in [0.3, 0.4) is 0 Å². The molecular weight excluding hydrogens is 395 g/mol. The Morgan fingerprint density at radius 3 is 2.87 bits per heavy atom. The molecule has 0 aromatic carbocycles. The number of rotatable bonds is 6. The van der Waals surface area contributed by atoms with Gasteiger partial charge in [-0.3, -0.25) is 4.79 Å². The monoisotopic (exact) mass is 424 g/mol. The van der Waals surface area contributed by atoms with E-state index in [1.165, 1.54) is 6.07 Å². The molecule has 31 heavy (non-hydrogen) atoms. The zero-order valence-corrected chi connectivity index (χ0v) is 18.3. The molecule has 1 amide bonds. The molecule has 4 heterocycles. The minimum absolute atomic E-state index is 0.00511. The first-order valence-corrected chi connectivity index (χ1v) is 11.0.